The number of aromatic nitrogens is 3. The Morgan fingerprint density at radius 2 is 2.19 bits per heavy atom. The number of rotatable bonds is 6. The van der Waals surface area contributed by atoms with E-state index in [0.29, 0.717) is 17.4 Å². The summed E-state index contributed by atoms with van der Waals surface area (Å²) in [5.74, 6) is 0.503. The molecule has 2 heterocycles. The van der Waals surface area contributed by atoms with Crippen LogP contribution < -0.4 is 5.32 Å². The number of halogens is 3. The maximum absolute atomic E-state index is 13.2. The van der Waals surface area contributed by atoms with Gasteiger partial charge in [0, 0.05) is 17.7 Å². The van der Waals surface area contributed by atoms with Gasteiger partial charge in [0.2, 0.25) is 5.13 Å². The molecule has 0 unspecified atom stereocenters. The Morgan fingerprint density at radius 1 is 1.42 bits per heavy atom. The first kappa shape index (κ1) is 18.2. The molecule has 1 aliphatic carbocycles. The fourth-order valence-corrected chi connectivity index (χ4v) is 2.96. The van der Waals surface area contributed by atoms with Crippen LogP contribution in [-0.4, -0.2) is 27.2 Å². The SMILES string of the molecule is C=N/C(Nc1nc(-c2cc(C3CC3)ccn2)ns1)=C(\C=C/C)C(F)(F)F. The summed E-state index contributed by atoms with van der Waals surface area (Å²) in [6, 6.07) is 3.88. The van der Waals surface area contributed by atoms with E-state index in [4.69, 9.17) is 0 Å². The molecule has 3 rings (SSSR count). The van der Waals surface area contributed by atoms with E-state index in [1.54, 1.807) is 6.20 Å². The first-order chi connectivity index (χ1) is 12.4. The van der Waals surface area contributed by atoms with Crippen molar-refractivity contribution in [3.63, 3.8) is 0 Å². The third kappa shape index (κ3) is 4.16. The lowest BCUT2D eigenvalue weighted by molar-refractivity contribution is -0.0889. The first-order valence-electron chi connectivity index (χ1n) is 7.90. The Kier molecular flexibility index (Phi) is 5.17. The van der Waals surface area contributed by atoms with Crippen LogP contribution in [0.3, 0.4) is 0 Å². The molecule has 2 aromatic heterocycles. The standard InChI is InChI=1S/C17H16F3N5S/c1-3-4-12(17(18,19)20)14(21-2)23-16-24-15(25-26-16)13-9-11(7-8-22-13)10-5-6-10/h3-4,7-10H,2,5-6H2,1H3,(H,23,24,25)/b4-3-,14-12-. The number of hydrogen-bond donors (Lipinski definition) is 1. The van der Waals surface area contributed by atoms with Gasteiger partial charge < -0.3 is 5.32 Å². The maximum atomic E-state index is 13.2. The van der Waals surface area contributed by atoms with Crippen LogP contribution in [0.1, 0.15) is 31.2 Å². The summed E-state index contributed by atoms with van der Waals surface area (Å²) >= 11 is 0.938. The molecule has 5 nitrogen and oxygen atoms in total. The van der Waals surface area contributed by atoms with Crippen molar-refractivity contribution in [3.05, 3.63) is 47.4 Å². The fourth-order valence-electron chi connectivity index (χ4n) is 2.39. The molecule has 0 spiro atoms. The zero-order valence-corrected chi connectivity index (χ0v) is 14.7. The quantitative estimate of drug-likeness (QED) is 0.570. The smallest absolute Gasteiger partial charge is 0.314 e. The molecule has 2 aromatic rings. The third-order valence-corrected chi connectivity index (χ3v) is 4.40. The van der Waals surface area contributed by atoms with E-state index in [2.05, 4.69) is 31.4 Å². The molecule has 0 aromatic carbocycles. The van der Waals surface area contributed by atoms with Crippen molar-refractivity contribution in [2.45, 2.75) is 31.9 Å². The van der Waals surface area contributed by atoms with Crippen molar-refractivity contribution < 1.29 is 13.2 Å². The third-order valence-electron chi connectivity index (χ3n) is 3.77. The summed E-state index contributed by atoms with van der Waals surface area (Å²) in [4.78, 5) is 12.0. The van der Waals surface area contributed by atoms with Crippen molar-refractivity contribution >= 4 is 23.4 Å². The van der Waals surface area contributed by atoms with Crippen LogP contribution in [0.25, 0.3) is 11.5 Å². The Balaban J connectivity index is 1.87. The van der Waals surface area contributed by atoms with Crippen molar-refractivity contribution in [1.82, 2.24) is 14.3 Å². The van der Waals surface area contributed by atoms with Gasteiger partial charge in [-0.1, -0.05) is 12.2 Å². The van der Waals surface area contributed by atoms with Gasteiger partial charge in [-0.2, -0.15) is 22.5 Å². The lowest BCUT2D eigenvalue weighted by Gasteiger charge is -2.11. The van der Waals surface area contributed by atoms with Gasteiger partial charge in [-0.25, -0.2) is 4.99 Å². The van der Waals surface area contributed by atoms with E-state index in [0.717, 1.165) is 30.5 Å². The molecule has 1 saturated carbocycles. The molecule has 9 heteroatoms. The first-order valence-corrected chi connectivity index (χ1v) is 8.67. The minimum Gasteiger partial charge on any atom is -0.314 e. The van der Waals surface area contributed by atoms with Gasteiger partial charge in [0.05, 0.1) is 5.57 Å². The lowest BCUT2D eigenvalue weighted by Crippen LogP contribution is -2.15. The van der Waals surface area contributed by atoms with Gasteiger partial charge >= 0.3 is 6.18 Å². The average molecular weight is 379 g/mol. The molecular weight excluding hydrogens is 363 g/mol. The van der Waals surface area contributed by atoms with Crippen molar-refractivity contribution in [3.8, 4) is 11.5 Å². The van der Waals surface area contributed by atoms with E-state index in [-0.39, 0.29) is 5.13 Å². The summed E-state index contributed by atoms with van der Waals surface area (Å²) in [5, 5.41) is 2.74. The summed E-state index contributed by atoms with van der Waals surface area (Å²) in [6.07, 6.45) is 1.66. The van der Waals surface area contributed by atoms with E-state index in [9.17, 15) is 13.2 Å². The highest BCUT2D eigenvalue weighted by Crippen LogP contribution is 2.40. The van der Waals surface area contributed by atoms with Crippen molar-refractivity contribution in [1.29, 1.82) is 0 Å². The van der Waals surface area contributed by atoms with Crippen LogP contribution in [0.15, 0.2) is 46.9 Å². The minimum atomic E-state index is -4.57. The number of allylic oxidation sites excluding steroid dienone is 3. The highest BCUT2D eigenvalue weighted by molar-refractivity contribution is 7.09. The second-order valence-electron chi connectivity index (χ2n) is 5.71. The molecule has 0 amide bonds. The summed E-state index contributed by atoms with van der Waals surface area (Å²) in [5.41, 5.74) is 0.848. The number of aliphatic imine (C=N–C) groups is 1. The van der Waals surface area contributed by atoms with Gasteiger partial charge in [-0.05, 0) is 50.1 Å². The predicted molar refractivity (Wildman–Crippen MR) is 96.2 cm³/mol. The summed E-state index contributed by atoms with van der Waals surface area (Å²) in [7, 11) is 0. The van der Waals surface area contributed by atoms with Crippen LogP contribution in [0.4, 0.5) is 18.3 Å². The van der Waals surface area contributed by atoms with Gasteiger partial charge in [0.15, 0.2) is 5.82 Å². The van der Waals surface area contributed by atoms with Crippen LogP contribution >= 0.6 is 11.5 Å². The molecule has 1 fully saturated rings. The van der Waals surface area contributed by atoms with Crippen LogP contribution in [0.2, 0.25) is 0 Å². The van der Waals surface area contributed by atoms with E-state index in [1.165, 1.54) is 18.6 Å². The lowest BCUT2D eigenvalue weighted by atomic mass is 10.1. The number of nitrogens with one attached hydrogen (secondary N) is 1. The van der Waals surface area contributed by atoms with E-state index < -0.39 is 17.6 Å². The van der Waals surface area contributed by atoms with Gasteiger partial charge in [0.25, 0.3) is 0 Å². The molecular formula is C17H16F3N5S. The Hall–Kier alpha value is -2.55. The summed E-state index contributed by atoms with van der Waals surface area (Å²) < 4.78 is 43.7. The molecule has 0 aliphatic heterocycles. The number of hydrogen-bond acceptors (Lipinski definition) is 6. The van der Waals surface area contributed by atoms with Gasteiger partial charge in [-0.3, -0.25) is 4.98 Å². The highest BCUT2D eigenvalue weighted by Gasteiger charge is 2.35. The zero-order valence-electron chi connectivity index (χ0n) is 13.9. The second-order valence-corrected chi connectivity index (χ2v) is 6.47. The maximum Gasteiger partial charge on any atom is 0.419 e. The Labute approximate surface area is 152 Å². The zero-order chi connectivity index (χ0) is 18.7. The normalized spacial score (nSPS) is 15.8. The number of pyridine rings is 1. The topological polar surface area (TPSA) is 63.1 Å². The highest BCUT2D eigenvalue weighted by atomic mass is 32.1. The fraction of sp³-hybridized carbons (Fsp3) is 0.294. The van der Waals surface area contributed by atoms with Crippen LogP contribution in [0, 0.1) is 0 Å². The van der Waals surface area contributed by atoms with Gasteiger partial charge in [-0.15, -0.1) is 0 Å². The van der Waals surface area contributed by atoms with Crippen molar-refractivity contribution in [2.24, 2.45) is 4.99 Å². The summed E-state index contributed by atoms with van der Waals surface area (Å²) in [6.45, 7) is 4.71. The molecule has 0 bridgehead atoms. The Bertz CT molecular complexity index is 865. The van der Waals surface area contributed by atoms with Crippen LogP contribution in [-0.2, 0) is 0 Å². The molecule has 0 saturated heterocycles. The van der Waals surface area contributed by atoms with E-state index >= 15 is 0 Å². The molecule has 1 aliphatic rings. The molecule has 26 heavy (non-hydrogen) atoms. The predicted octanol–water partition coefficient (Wildman–Crippen LogP) is 4.94. The number of anilines is 1. The van der Waals surface area contributed by atoms with Crippen molar-refractivity contribution in [2.75, 3.05) is 5.32 Å². The second kappa shape index (κ2) is 7.36. The molecule has 0 atom stereocenters. The molecule has 1 N–H and O–H groups in total. The largest absolute Gasteiger partial charge is 0.419 e. The minimum absolute atomic E-state index is 0.187. The molecule has 0 radical (unpaired) electrons. The molecule has 136 valence electrons. The monoisotopic (exact) mass is 379 g/mol. The van der Waals surface area contributed by atoms with E-state index in [1.807, 2.05) is 12.1 Å². The van der Waals surface area contributed by atoms with Gasteiger partial charge in [0.1, 0.15) is 11.5 Å². The Morgan fingerprint density at radius 3 is 2.81 bits per heavy atom. The average Bonchev–Trinajstić information content (AvgIpc) is 3.36. The van der Waals surface area contributed by atoms with Crippen LogP contribution in [0.5, 0.6) is 0 Å². The number of alkyl halides is 3. The number of nitrogens with zero attached hydrogens (tertiary/aromatic N) is 4.